The van der Waals surface area contributed by atoms with Gasteiger partial charge in [0.05, 0.1) is 94.4 Å². The molecule has 6 aromatic carbocycles. The van der Waals surface area contributed by atoms with Gasteiger partial charge in [-0.2, -0.15) is 38.2 Å². The zero-order valence-electron chi connectivity index (χ0n) is 81.0. The van der Waals surface area contributed by atoms with E-state index in [0.29, 0.717) is 52.6 Å². The summed E-state index contributed by atoms with van der Waals surface area (Å²) in [6.07, 6.45) is 11.7. The van der Waals surface area contributed by atoms with Crippen LogP contribution in [0.25, 0.3) is 10.5 Å². The number of ketones is 1. The molecule has 4 atom stereocenters. The number of aryl methyl sites for hydroxylation is 1. The number of Topliss-reactive ketones (excluding diaryl/α,β-unsaturated/α-hetero) is 1. The second-order valence-corrected chi connectivity index (χ2v) is 47.4. The molecule has 0 spiro atoms. The van der Waals surface area contributed by atoms with Gasteiger partial charge in [-0.1, -0.05) is 125 Å². The van der Waals surface area contributed by atoms with E-state index in [1.54, 1.807) is 162 Å². The van der Waals surface area contributed by atoms with Gasteiger partial charge in [-0.15, -0.1) is 23.0 Å². The SMILES string of the molecule is Br.CC(C)(C)S(=O)N=C(CCC1CC1)c1cccc(C#N)c1.CC(C)(C)[S@@](N)=O.CC(C)(C)[S@](=O)NC(CCC1CC1)(c1cccc(C#N)c1)c1ccc(F)c(N)c1.CC(C)O.CC(C)O.CC(C)O.CC(C)O.CN(c1c[c-]ccc1F)[Si](C)(C)C.Cc1cc(C(=O)O)n(-c2cccc(CNC(=O)OC(C)(C)C)c2)n1.[C-]#[N+]c1ccc(C(=O)CCC2CC2)cc1.[H-].[Mg+2].[Ti]. The fraction of sp³-hybridized carbons (Fsp3) is 0.521. The Kier molecular flexibility index (Phi) is 59.5. The van der Waals surface area contributed by atoms with Crippen LogP contribution in [0.3, 0.4) is 0 Å². The van der Waals surface area contributed by atoms with Crippen molar-refractivity contribution in [3.8, 4) is 17.8 Å². The maximum atomic E-state index is 13.9. The van der Waals surface area contributed by atoms with E-state index in [-0.39, 0.29) is 127 Å². The van der Waals surface area contributed by atoms with Gasteiger partial charge in [0.15, 0.2) is 17.2 Å². The second kappa shape index (κ2) is 60.9. The Morgan fingerprint density at radius 2 is 1.16 bits per heavy atom. The number of benzene rings is 6. The molecule has 23 nitrogen and oxygen atoms in total. The van der Waals surface area contributed by atoms with Gasteiger partial charge in [0, 0.05) is 70.5 Å². The quantitative estimate of drug-likeness (QED) is 0.0100. The van der Waals surface area contributed by atoms with Crippen LogP contribution in [0.4, 0.5) is 30.6 Å². The van der Waals surface area contributed by atoms with Crippen LogP contribution in [0.1, 0.15) is 277 Å². The summed E-state index contributed by atoms with van der Waals surface area (Å²) in [4.78, 5) is 38.0. The number of anilines is 2. The van der Waals surface area contributed by atoms with Crippen LogP contribution in [-0.4, -0.2) is 154 Å². The summed E-state index contributed by atoms with van der Waals surface area (Å²) >= 11 is 0. The number of aromatic carboxylic acids is 1. The minimum absolute atomic E-state index is 0. The average Bonchev–Trinajstić information content (AvgIpc) is 1.40. The van der Waals surface area contributed by atoms with Gasteiger partial charge in [0.1, 0.15) is 30.6 Å². The number of nitriles is 2. The number of nitrogen functional groups attached to an aromatic ring is 1. The summed E-state index contributed by atoms with van der Waals surface area (Å²) in [5.74, 6) is 0.771. The molecule has 1 amide bonds. The zero-order valence-corrected chi connectivity index (χ0v) is 88.1. The Bertz CT molecular complexity index is 4710. The predicted octanol–water partition coefficient (Wildman–Crippen LogP) is 20.4. The number of carboxylic acid groups (broad SMARTS) is 1. The van der Waals surface area contributed by atoms with Crippen molar-refractivity contribution in [2.24, 2.45) is 27.3 Å². The van der Waals surface area contributed by atoms with E-state index in [1.807, 2.05) is 116 Å². The number of aromatic nitrogens is 2. The molecule has 0 saturated heterocycles. The van der Waals surface area contributed by atoms with Crippen molar-refractivity contribution >= 4 is 122 Å². The number of nitrogens with zero attached hydrogens (tertiary/aromatic N) is 7. The molecule has 0 radical (unpaired) electrons. The van der Waals surface area contributed by atoms with Crippen molar-refractivity contribution in [1.82, 2.24) is 19.8 Å². The molecule has 3 aliphatic rings. The van der Waals surface area contributed by atoms with E-state index in [2.05, 4.69) is 62.2 Å². The number of amides is 1. The van der Waals surface area contributed by atoms with Gasteiger partial charge < -0.3 is 47.3 Å². The Balaban J connectivity index is -0.000000718. The van der Waals surface area contributed by atoms with E-state index in [4.69, 9.17) is 47.9 Å². The number of hydrogen-bond acceptors (Lipinski definition) is 16. The minimum Gasteiger partial charge on any atom is -1.00 e. The number of nitrogens with one attached hydrogen (secondary N) is 2. The molecule has 3 fully saturated rings. The smallest absolute Gasteiger partial charge is 1.00 e. The van der Waals surface area contributed by atoms with Crippen LogP contribution in [0.15, 0.2) is 144 Å². The van der Waals surface area contributed by atoms with Crippen molar-refractivity contribution in [2.75, 3.05) is 17.3 Å². The molecule has 128 heavy (non-hydrogen) atoms. The Labute approximate surface area is 814 Å². The molecule has 10 rings (SSSR count). The van der Waals surface area contributed by atoms with E-state index < -0.39 is 75.0 Å². The van der Waals surface area contributed by atoms with Gasteiger partial charge in [-0.3, -0.25) is 9.93 Å². The first-order valence-electron chi connectivity index (χ1n) is 42.2. The third-order valence-electron chi connectivity index (χ3n) is 17.5. The van der Waals surface area contributed by atoms with Gasteiger partial charge in [0.25, 0.3) is 0 Å². The van der Waals surface area contributed by atoms with Crippen LogP contribution < -0.4 is 25.5 Å². The molecule has 11 N–H and O–H groups in total. The molecule has 3 aliphatic carbocycles. The van der Waals surface area contributed by atoms with Crippen LogP contribution in [0, 0.1) is 71.6 Å². The van der Waals surface area contributed by atoms with Crippen LogP contribution >= 0.6 is 17.0 Å². The summed E-state index contributed by atoms with van der Waals surface area (Å²) in [5.41, 5.74) is 13.2. The molecule has 0 bridgehead atoms. The molecular weight excluding hydrogens is 1810 g/mol. The molecule has 0 aliphatic heterocycles. The average molecular weight is 1960 g/mol. The molecule has 704 valence electrons. The molecule has 1 heterocycles. The van der Waals surface area contributed by atoms with Crippen molar-refractivity contribution in [3.63, 3.8) is 0 Å². The van der Waals surface area contributed by atoms with Gasteiger partial charge in [-0.05, 0) is 285 Å². The van der Waals surface area contributed by atoms with E-state index in [1.165, 1.54) is 61.4 Å². The fourth-order valence-corrected chi connectivity index (χ4v) is 12.7. The molecule has 3 saturated carbocycles. The summed E-state index contributed by atoms with van der Waals surface area (Å²) in [6.45, 7) is 51.5. The number of rotatable bonds is 22. The number of nitrogens with two attached hydrogens (primary N) is 2. The van der Waals surface area contributed by atoms with Crippen LogP contribution in [-0.2, 0) is 71.5 Å². The Morgan fingerprint density at radius 3 is 1.60 bits per heavy atom. The standard InChI is InChI=1S/C23H28FN3OS.C17H21N3O4.C17H22N2OS.C13H13NO.C10H15FNSi.C4H11NOS.4C3H8O.BrH.Mg.Ti.H/c1-22(2,3)29(28)27-23(12-11-16-7-8-16,18-6-4-5-17(13-18)15-25)19-9-10-20(24)21(26)14-19;1-11-8-14(15(21)22)20(19-11)13-7-5-6-12(9-13)10-18-16(23)24-17(2,3)4;1-17(2,3)21(20)19-16(10-9-13-7-8-13)15-6-4-5-14(11-15)12-18;1-14-12-7-5-11(6-8-12)13(15)9-4-10-2-3-10;1-12(13(2,3)4)10-8-6-5-7-9(10)11;1-4(2,3)7(5)6;4*1-3(2)4;;;;/h4-6,9-10,13-14,16,27H,7-8,11-12,26H2,1-3H3;5-9H,10H2,1-4H3,(H,18,23)(H,21,22);4-6,11,13H,7-10H2,1-3H3;5-8,10H,2-4,9H2;5,7-8H,1-4H3;5H2,1-3H3;4*3-4H,1-2H3;1H;;;/q;;;;-1;;;;;;;+2;;-1/t23?,29-;;;;;7-;;;;;;;;/m0....0......../s1. The number of aliphatic hydroxyl groups is 4. The number of alkyl carbamates (subject to hydrolysis) is 1. The van der Waals surface area contributed by atoms with Crippen LogP contribution in [0.2, 0.25) is 19.6 Å². The van der Waals surface area contributed by atoms with Gasteiger partial charge in [-0.25, -0.2) is 45.2 Å². The first kappa shape index (κ1) is 125. The number of hydrogen-bond donors (Lipinski definition) is 9. The van der Waals surface area contributed by atoms with Crippen molar-refractivity contribution in [1.29, 1.82) is 10.5 Å². The minimum atomic E-state index is -1.46. The maximum Gasteiger partial charge on any atom is 2.00 e. The second-order valence-electron chi connectivity index (χ2n) is 36.7. The zero-order chi connectivity index (χ0) is 95.7. The molecular formula is C96H144BrF2MgN11O12S3SiTi. The summed E-state index contributed by atoms with van der Waals surface area (Å²) in [5, 5.41) is 71.9. The van der Waals surface area contributed by atoms with Crippen LogP contribution in [0.5, 0.6) is 0 Å². The molecule has 32 heteroatoms. The third kappa shape index (κ3) is 54.1. The fourth-order valence-electron chi connectivity index (χ4n) is 10.2. The van der Waals surface area contributed by atoms with Crippen molar-refractivity contribution < 1.29 is 89.2 Å². The number of aliphatic hydroxyl groups excluding tert-OH is 4. The predicted molar refractivity (Wildman–Crippen MR) is 526 cm³/mol. The summed E-state index contributed by atoms with van der Waals surface area (Å²) < 4.78 is 78.5. The van der Waals surface area contributed by atoms with Crippen molar-refractivity contribution in [3.05, 3.63) is 219 Å². The third-order valence-corrected chi connectivity index (χ3v) is 24.1. The first-order valence-corrected chi connectivity index (χ1v) is 49.1. The molecule has 2 unspecified atom stereocenters. The number of halogens is 3. The van der Waals surface area contributed by atoms with E-state index in [0.717, 1.165) is 71.0 Å². The van der Waals surface area contributed by atoms with E-state index in [9.17, 15) is 46.2 Å². The Hall–Kier alpha value is -7.07. The number of carbonyl (C=O) groups excluding carboxylic acids is 2. The number of carboxylic acids is 1. The summed E-state index contributed by atoms with van der Waals surface area (Å²) in [6, 6.07) is 47.0. The van der Waals surface area contributed by atoms with Gasteiger partial charge in [0.2, 0.25) is 0 Å². The topological polar surface area (TPSA) is 374 Å². The number of ether oxygens (including phenoxy) is 1. The van der Waals surface area contributed by atoms with E-state index >= 15 is 0 Å². The Morgan fingerprint density at radius 1 is 0.688 bits per heavy atom. The van der Waals surface area contributed by atoms with Gasteiger partial charge >= 0.3 is 35.1 Å². The summed E-state index contributed by atoms with van der Waals surface area (Å²) in [7, 11) is -3.36. The van der Waals surface area contributed by atoms with Crippen molar-refractivity contribution in [2.45, 2.75) is 298 Å². The maximum absolute atomic E-state index is 13.9. The first-order chi connectivity index (χ1) is 57.8. The largest absolute Gasteiger partial charge is 2.00 e. The molecule has 7 aromatic rings. The monoisotopic (exact) mass is 1960 g/mol. The normalized spacial score (nSPS) is 13.8. The number of carbonyl (C=O) groups is 3. The molecule has 1 aromatic heterocycles.